The molecule has 134 valence electrons. The number of amides is 1. The third kappa shape index (κ3) is 3.36. The number of nitrogens with one attached hydrogen (secondary N) is 2. The molecule has 2 N–H and O–H groups in total. The van der Waals surface area contributed by atoms with Crippen molar-refractivity contribution in [1.82, 2.24) is 19.9 Å². The van der Waals surface area contributed by atoms with Gasteiger partial charge in [0.15, 0.2) is 5.65 Å². The molecule has 1 fully saturated rings. The van der Waals surface area contributed by atoms with E-state index in [1.165, 1.54) is 6.20 Å². The standard InChI is InChI=1S/C18H19ClN6O/c19-14-4-1-2-5-15(14)22-18(26)13-12-21-25-10-6-16(23-17(13)25)24-9-3-7-20-8-11-24/h1-2,4-6,10,12,20H,3,7-9,11H2,(H,22,26). The van der Waals surface area contributed by atoms with Crippen LogP contribution in [0, 0.1) is 0 Å². The molecule has 7 nitrogen and oxygen atoms in total. The number of halogens is 1. The van der Waals surface area contributed by atoms with Gasteiger partial charge >= 0.3 is 0 Å². The monoisotopic (exact) mass is 370 g/mol. The van der Waals surface area contributed by atoms with Crippen LogP contribution >= 0.6 is 11.6 Å². The van der Waals surface area contributed by atoms with Crippen LogP contribution in [0.3, 0.4) is 0 Å². The molecule has 1 amide bonds. The molecular formula is C18H19ClN6O. The number of carbonyl (C=O) groups excluding carboxylic acids is 1. The SMILES string of the molecule is O=C(Nc1ccccc1Cl)c1cnn2ccc(N3CCCNCC3)nc12. The molecule has 1 saturated heterocycles. The normalized spacial score (nSPS) is 15.0. The van der Waals surface area contributed by atoms with Gasteiger partial charge in [-0.2, -0.15) is 5.10 Å². The lowest BCUT2D eigenvalue weighted by molar-refractivity contribution is 0.102. The van der Waals surface area contributed by atoms with Crippen LogP contribution < -0.4 is 15.5 Å². The van der Waals surface area contributed by atoms with Gasteiger partial charge in [0.05, 0.1) is 16.9 Å². The Morgan fingerprint density at radius 3 is 2.96 bits per heavy atom. The van der Waals surface area contributed by atoms with Crippen molar-refractivity contribution in [3.05, 3.63) is 53.3 Å². The third-order valence-electron chi connectivity index (χ3n) is 4.39. The molecule has 3 heterocycles. The summed E-state index contributed by atoms with van der Waals surface area (Å²) in [5.74, 6) is 0.573. The summed E-state index contributed by atoms with van der Waals surface area (Å²) in [6.07, 6.45) is 4.43. The van der Waals surface area contributed by atoms with E-state index in [1.54, 1.807) is 16.6 Å². The van der Waals surface area contributed by atoms with Crippen molar-refractivity contribution < 1.29 is 4.79 Å². The van der Waals surface area contributed by atoms with E-state index in [4.69, 9.17) is 16.6 Å². The lowest BCUT2D eigenvalue weighted by atomic mass is 10.2. The molecule has 0 radical (unpaired) electrons. The van der Waals surface area contributed by atoms with Crippen LogP contribution in [0.25, 0.3) is 5.65 Å². The van der Waals surface area contributed by atoms with Gasteiger partial charge in [0, 0.05) is 25.8 Å². The molecule has 8 heteroatoms. The van der Waals surface area contributed by atoms with Crippen LogP contribution in [0.4, 0.5) is 11.5 Å². The Bertz CT molecular complexity index is 932. The number of benzene rings is 1. The fraction of sp³-hybridized carbons (Fsp3) is 0.278. The Labute approximate surface area is 156 Å². The highest BCUT2D eigenvalue weighted by atomic mass is 35.5. The van der Waals surface area contributed by atoms with Crippen LogP contribution in [-0.2, 0) is 0 Å². The number of fused-ring (bicyclic) bond motifs is 1. The number of carbonyl (C=O) groups is 1. The molecule has 0 bridgehead atoms. The summed E-state index contributed by atoms with van der Waals surface area (Å²) in [4.78, 5) is 19.6. The van der Waals surface area contributed by atoms with Gasteiger partial charge in [-0.1, -0.05) is 23.7 Å². The van der Waals surface area contributed by atoms with E-state index in [2.05, 4.69) is 20.6 Å². The van der Waals surface area contributed by atoms with Crippen LogP contribution in [0.1, 0.15) is 16.8 Å². The van der Waals surface area contributed by atoms with Crippen LogP contribution in [-0.4, -0.2) is 46.7 Å². The molecule has 0 atom stereocenters. The Morgan fingerprint density at radius 2 is 2.08 bits per heavy atom. The second-order valence-electron chi connectivity index (χ2n) is 6.14. The topological polar surface area (TPSA) is 74.6 Å². The van der Waals surface area contributed by atoms with Gasteiger partial charge in [0.1, 0.15) is 11.4 Å². The predicted molar refractivity (Wildman–Crippen MR) is 102 cm³/mol. The van der Waals surface area contributed by atoms with E-state index in [-0.39, 0.29) is 5.91 Å². The molecule has 0 spiro atoms. The minimum atomic E-state index is -0.282. The molecule has 3 aromatic rings. The smallest absolute Gasteiger partial charge is 0.261 e. The summed E-state index contributed by atoms with van der Waals surface area (Å²) in [5.41, 5.74) is 1.51. The van der Waals surface area contributed by atoms with E-state index >= 15 is 0 Å². The quantitative estimate of drug-likeness (QED) is 0.740. The zero-order valence-corrected chi connectivity index (χ0v) is 14.9. The summed E-state index contributed by atoms with van der Waals surface area (Å²) in [7, 11) is 0. The Kier molecular flexibility index (Phi) is 4.73. The first-order chi connectivity index (χ1) is 12.7. The number of rotatable bonds is 3. The molecule has 2 aromatic heterocycles. The molecule has 0 saturated carbocycles. The van der Waals surface area contributed by atoms with Crippen molar-refractivity contribution in [1.29, 1.82) is 0 Å². The van der Waals surface area contributed by atoms with Gasteiger partial charge in [-0.25, -0.2) is 9.50 Å². The van der Waals surface area contributed by atoms with Gasteiger partial charge in [-0.15, -0.1) is 0 Å². The first-order valence-electron chi connectivity index (χ1n) is 8.58. The van der Waals surface area contributed by atoms with Crippen molar-refractivity contribution >= 4 is 34.7 Å². The number of anilines is 2. The first-order valence-corrected chi connectivity index (χ1v) is 8.96. The fourth-order valence-corrected chi connectivity index (χ4v) is 3.21. The largest absolute Gasteiger partial charge is 0.355 e. The van der Waals surface area contributed by atoms with Gasteiger partial charge in [0.25, 0.3) is 5.91 Å². The van der Waals surface area contributed by atoms with E-state index in [9.17, 15) is 4.79 Å². The molecule has 26 heavy (non-hydrogen) atoms. The van der Waals surface area contributed by atoms with E-state index in [0.29, 0.717) is 21.9 Å². The third-order valence-corrected chi connectivity index (χ3v) is 4.71. The highest BCUT2D eigenvalue weighted by Crippen LogP contribution is 2.22. The predicted octanol–water partition coefficient (Wildman–Crippen LogP) is 2.43. The zero-order valence-electron chi connectivity index (χ0n) is 14.2. The summed E-state index contributed by atoms with van der Waals surface area (Å²) in [5, 5.41) is 10.9. The molecular weight excluding hydrogens is 352 g/mol. The average Bonchev–Trinajstić information content (AvgIpc) is 2.88. The number of aromatic nitrogens is 3. The van der Waals surface area contributed by atoms with Crippen molar-refractivity contribution in [3.63, 3.8) is 0 Å². The Morgan fingerprint density at radius 1 is 1.19 bits per heavy atom. The fourth-order valence-electron chi connectivity index (χ4n) is 3.02. The number of hydrogen-bond acceptors (Lipinski definition) is 5. The Hall–Kier alpha value is -2.64. The lowest BCUT2D eigenvalue weighted by Crippen LogP contribution is -2.28. The van der Waals surface area contributed by atoms with Crippen molar-refractivity contribution in [2.45, 2.75) is 6.42 Å². The number of hydrogen-bond donors (Lipinski definition) is 2. The van der Waals surface area contributed by atoms with Gasteiger partial charge in [-0.3, -0.25) is 4.79 Å². The van der Waals surface area contributed by atoms with Crippen LogP contribution in [0.15, 0.2) is 42.7 Å². The van der Waals surface area contributed by atoms with Gasteiger partial charge in [0.2, 0.25) is 0 Å². The number of nitrogens with zero attached hydrogens (tertiary/aromatic N) is 4. The maximum atomic E-state index is 12.7. The first kappa shape index (κ1) is 16.8. The van der Waals surface area contributed by atoms with Crippen molar-refractivity contribution in [3.8, 4) is 0 Å². The van der Waals surface area contributed by atoms with Gasteiger partial charge in [-0.05, 0) is 31.2 Å². The Balaban J connectivity index is 1.64. The van der Waals surface area contributed by atoms with Crippen LogP contribution in [0.5, 0.6) is 0 Å². The highest BCUT2D eigenvalue weighted by molar-refractivity contribution is 6.34. The van der Waals surface area contributed by atoms with Crippen molar-refractivity contribution in [2.75, 3.05) is 36.4 Å². The van der Waals surface area contributed by atoms with E-state index < -0.39 is 0 Å². The molecule has 4 rings (SSSR count). The molecule has 1 aromatic carbocycles. The summed E-state index contributed by atoms with van der Waals surface area (Å²) in [6.45, 7) is 3.76. The molecule has 0 aliphatic carbocycles. The average molecular weight is 371 g/mol. The molecule has 1 aliphatic heterocycles. The lowest BCUT2D eigenvalue weighted by Gasteiger charge is -2.20. The minimum Gasteiger partial charge on any atom is -0.355 e. The maximum absolute atomic E-state index is 12.7. The highest BCUT2D eigenvalue weighted by Gasteiger charge is 2.18. The van der Waals surface area contributed by atoms with E-state index in [0.717, 1.165) is 38.4 Å². The summed E-state index contributed by atoms with van der Waals surface area (Å²) in [6, 6.07) is 9.06. The van der Waals surface area contributed by atoms with Crippen LogP contribution in [0.2, 0.25) is 5.02 Å². The van der Waals surface area contributed by atoms with E-state index in [1.807, 2.05) is 24.4 Å². The maximum Gasteiger partial charge on any atom is 0.261 e. The second-order valence-corrected chi connectivity index (χ2v) is 6.54. The van der Waals surface area contributed by atoms with Gasteiger partial charge < -0.3 is 15.5 Å². The summed E-state index contributed by atoms with van der Waals surface area (Å²) < 4.78 is 1.61. The molecule has 0 unspecified atom stereocenters. The zero-order chi connectivity index (χ0) is 17.9. The molecule has 1 aliphatic rings. The number of para-hydroxylation sites is 1. The minimum absolute atomic E-state index is 0.282. The second kappa shape index (κ2) is 7.31. The van der Waals surface area contributed by atoms with Crippen molar-refractivity contribution in [2.24, 2.45) is 0 Å². The summed E-state index contributed by atoms with van der Waals surface area (Å²) >= 11 is 6.13.